The molecular formula is C5H6N2O2. The summed E-state index contributed by atoms with van der Waals surface area (Å²) in [6.07, 6.45) is 2.53. The van der Waals surface area contributed by atoms with Gasteiger partial charge < -0.3 is 0 Å². The van der Waals surface area contributed by atoms with Crippen molar-refractivity contribution in [2.24, 2.45) is 0 Å². The van der Waals surface area contributed by atoms with Gasteiger partial charge in [0.25, 0.3) is 5.91 Å². The monoisotopic (exact) mass is 126 g/mol. The van der Waals surface area contributed by atoms with Crippen LogP contribution in [0, 0.1) is 11.5 Å². The summed E-state index contributed by atoms with van der Waals surface area (Å²) < 4.78 is 0. The van der Waals surface area contributed by atoms with Crippen molar-refractivity contribution in [1.29, 1.82) is 5.26 Å². The normalized spacial score (nSPS) is 7.56. The predicted octanol–water partition coefficient (Wildman–Crippen LogP) is 0.261. The summed E-state index contributed by atoms with van der Waals surface area (Å²) in [5, 5.41) is 16.2. The van der Waals surface area contributed by atoms with Gasteiger partial charge in [-0.2, -0.15) is 5.26 Å². The molecule has 0 aromatic carbocycles. The molecule has 48 valence electrons. The molecule has 0 radical (unpaired) electrons. The van der Waals surface area contributed by atoms with Crippen LogP contribution >= 0.6 is 0 Å². The summed E-state index contributed by atoms with van der Waals surface area (Å²) >= 11 is 0. The number of rotatable bonds is 2. The topological polar surface area (TPSA) is 64.3 Å². The summed E-state index contributed by atoms with van der Waals surface area (Å²) in [4.78, 5) is 10.4. The number of nitrogens with zero attached hydrogens (tertiary/aromatic N) is 2. The molecule has 0 aliphatic rings. The number of amides is 1. The Morgan fingerprint density at radius 3 is 2.89 bits per heavy atom. The largest absolute Gasteiger partial charge is 0.272 e. The molecular weight excluding hydrogens is 120 g/mol. The van der Waals surface area contributed by atoms with Crippen LogP contribution in [0.25, 0.3) is 0 Å². The van der Waals surface area contributed by atoms with Crippen LogP contribution in [0.2, 0.25) is 0 Å². The molecule has 0 aliphatic carbocycles. The lowest BCUT2D eigenvalue weighted by Crippen LogP contribution is -2.20. The van der Waals surface area contributed by atoms with Crippen LogP contribution in [0.1, 0.15) is 6.42 Å². The molecule has 0 rings (SSSR count). The highest BCUT2D eigenvalue weighted by molar-refractivity contribution is 5.77. The maximum atomic E-state index is 10.4. The Morgan fingerprint density at radius 1 is 2.00 bits per heavy atom. The van der Waals surface area contributed by atoms with E-state index in [9.17, 15) is 4.79 Å². The van der Waals surface area contributed by atoms with E-state index in [-0.39, 0.29) is 11.5 Å². The molecule has 0 aliphatic heterocycles. The molecule has 0 spiro atoms. The fourth-order valence-corrected chi connectivity index (χ4v) is 0.266. The molecule has 0 saturated carbocycles. The maximum absolute atomic E-state index is 10.4. The zero-order valence-electron chi connectivity index (χ0n) is 4.74. The molecule has 0 aromatic heterocycles. The van der Waals surface area contributed by atoms with Crippen LogP contribution in [0.4, 0.5) is 0 Å². The number of carbonyl (C=O) groups excluding carboxylic acids is 1. The molecule has 0 fully saturated rings. The first kappa shape index (κ1) is 7.66. The molecule has 0 bridgehead atoms. The minimum Gasteiger partial charge on any atom is -0.272 e. The quantitative estimate of drug-likeness (QED) is 0.190. The average molecular weight is 126 g/mol. The number of carbonyl (C=O) groups is 1. The van der Waals surface area contributed by atoms with E-state index >= 15 is 0 Å². The second-order valence-corrected chi connectivity index (χ2v) is 1.30. The SMILES string of the molecule is C=CCC(=O)N(O)C#N. The lowest BCUT2D eigenvalue weighted by molar-refractivity contribution is -0.151. The molecule has 0 heterocycles. The number of hydroxylamine groups is 2. The van der Waals surface area contributed by atoms with E-state index in [1.165, 1.54) is 12.3 Å². The zero-order valence-corrected chi connectivity index (χ0v) is 4.74. The molecule has 4 nitrogen and oxygen atoms in total. The van der Waals surface area contributed by atoms with Crippen LogP contribution < -0.4 is 0 Å². The summed E-state index contributed by atoms with van der Waals surface area (Å²) in [6, 6.07) is 0. The Hall–Kier alpha value is -1.34. The Morgan fingerprint density at radius 2 is 2.56 bits per heavy atom. The second-order valence-electron chi connectivity index (χ2n) is 1.30. The molecule has 0 aromatic rings. The first-order valence-corrected chi connectivity index (χ1v) is 2.24. The van der Waals surface area contributed by atoms with Gasteiger partial charge in [-0.3, -0.25) is 10.0 Å². The van der Waals surface area contributed by atoms with Crippen molar-refractivity contribution in [2.75, 3.05) is 0 Å². The second kappa shape index (κ2) is 3.64. The third-order valence-electron chi connectivity index (χ3n) is 0.650. The van der Waals surface area contributed by atoms with Crippen molar-refractivity contribution in [3.8, 4) is 6.19 Å². The Balaban J connectivity index is 3.76. The van der Waals surface area contributed by atoms with Crippen molar-refractivity contribution in [3.63, 3.8) is 0 Å². The van der Waals surface area contributed by atoms with Crippen LogP contribution in [0.5, 0.6) is 0 Å². The van der Waals surface area contributed by atoms with Gasteiger partial charge in [-0.05, 0) is 0 Å². The molecule has 9 heavy (non-hydrogen) atoms. The predicted molar refractivity (Wildman–Crippen MR) is 29.1 cm³/mol. The van der Waals surface area contributed by atoms with Crippen molar-refractivity contribution >= 4 is 5.91 Å². The highest BCUT2D eigenvalue weighted by Gasteiger charge is 2.05. The molecule has 0 atom stereocenters. The molecule has 4 heteroatoms. The highest BCUT2D eigenvalue weighted by Crippen LogP contribution is 1.86. The van der Waals surface area contributed by atoms with Crippen LogP contribution in [-0.4, -0.2) is 16.2 Å². The van der Waals surface area contributed by atoms with Gasteiger partial charge in [0.2, 0.25) is 6.19 Å². The van der Waals surface area contributed by atoms with E-state index in [2.05, 4.69) is 6.58 Å². The van der Waals surface area contributed by atoms with Crippen LogP contribution in [0.3, 0.4) is 0 Å². The third kappa shape index (κ3) is 2.46. The fraction of sp³-hybridized carbons (Fsp3) is 0.200. The van der Waals surface area contributed by atoms with Gasteiger partial charge in [-0.15, -0.1) is 11.6 Å². The number of hydrogen-bond acceptors (Lipinski definition) is 3. The zero-order chi connectivity index (χ0) is 7.28. The average Bonchev–Trinajstić information content (AvgIpc) is 1.87. The van der Waals surface area contributed by atoms with Crippen molar-refractivity contribution < 1.29 is 10.0 Å². The third-order valence-corrected chi connectivity index (χ3v) is 0.650. The van der Waals surface area contributed by atoms with E-state index in [0.717, 1.165) is 0 Å². The number of nitriles is 1. The van der Waals surface area contributed by atoms with E-state index in [1.807, 2.05) is 0 Å². The van der Waals surface area contributed by atoms with Crippen molar-refractivity contribution in [1.82, 2.24) is 5.06 Å². The van der Waals surface area contributed by atoms with E-state index in [1.54, 1.807) is 0 Å². The van der Waals surface area contributed by atoms with Gasteiger partial charge in [0.05, 0.1) is 0 Å². The lowest BCUT2D eigenvalue weighted by atomic mass is 10.4. The highest BCUT2D eigenvalue weighted by atomic mass is 16.5. The number of hydrogen-bond donors (Lipinski definition) is 1. The molecule has 0 saturated heterocycles. The van der Waals surface area contributed by atoms with Gasteiger partial charge in [0, 0.05) is 6.42 Å². The van der Waals surface area contributed by atoms with E-state index in [0.29, 0.717) is 0 Å². The Labute approximate surface area is 52.6 Å². The maximum Gasteiger partial charge on any atom is 0.263 e. The van der Waals surface area contributed by atoms with E-state index < -0.39 is 5.91 Å². The van der Waals surface area contributed by atoms with Gasteiger partial charge in [-0.25, -0.2) is 0 Å². The first-order chi connectivity index (χ1) is 4.22. The Bertz CT molecular complexity index is 159. The summed E-state index contributed by atoms with van der Waals surface area (Å²) in [6.45, 7) is 3.25. The van der Waals surface area contributed by atoms with Crippen LogP contribution in [0.15, 0.2) is 12.7 Å². The van der Waals surface area contributed by atoms with Crippen molar-refractivity contribution in [3.05, 3.63) is 12.7 Å². The minimum absolute atomic E-state index is 0.0237. The van der Waals surface area contributed by atoms with Crippen molar-refractivity contribution in [2.45, 2.75) is 6.42 Å². The minimum atomic E-state index is -0.674. The van der Waals surface area contributed by atoms with Gasteiger partial charge in [-0.1, -0.05) is 6.08 Å². The molecule has 0 unspecified atom stereocenters. The standard InChI is InChI=1S/C5H6N2O2/c1-2-3-5(8)7(9)4-6/h2,9H,1,3H2. The lowest BCUT2D eigenvalue weighted by Gasteiger charge is -1.99. The van der Waals surface area contributed by atoms with Crippen LogP contribution in [-0.2, 0) is 4.79 Å². The van der Waals surface area contributed by atoms with Gasteiger partial charge in [0.1, 0.15) is 0 Å². The Kier molecular flexibility index (Phi) is 3.09. The smallest absolute Gasteiger partial charge is 0.263 e. The summed E-state index contributed by atoms with van der Waals surface area (Å²) in [5.74, 6) is -0.674. The first-order valence-electron chi connectivity index (χ1n) is 2.24. The van der Waals surface area contributed by atoms with Gasteiger partial charge in [0.15, 0.2) is 0 Å². The molecule has 1 N–H and O–H groups in total. The summed E-state index contributed by atoms with van der Waals surface area (Å²) in [7, 11) is 0. The molecule has 1 amide bonds. The van der Waals surface area contributed by atoms with Gasteiger partial charge >= 0.3 is 0 Å². The summed E-state index contributed by atoms with van der Waals surface area (Å²) in [5.41, 5.74) is 0. The fourth-order valence-electron chi connectivity index (χ4n) is 0.266. The van der Waals surface area contributed by atoms with E-state index in [4.69, 9.17) is 10.5 Å².